The molecule has 6 heteroatoms. The number of aromatic nitrogens is 3. The van der Waals surface area contributed by atoms with Gasteiger partial charge in [-0.15, -0.1) is 0 Å². The first-order valence-electron chi connectivity index (χ1n) is 7.91. The van der Waals surface area contributed by atoms with Crippen LogP contribution in [-0.2, 0) is 13.1 Å². The van der Waals surface area contributed by atoms with E-state index in [0.717, 1.165) is 38.5 Å². The van der Waals surface area contributed by atoms with Gasteiger partial charge in [0.2, 0.25) is 0 Å². The predicted molar refractivity (Wildman–Crippen MR) is 82.4 cm³/mol. The van der Waals surface area contributed by atoms with Crippen molar-refractivity contribution < 1.29 is 5.11 Å². The average Bonchev–Trinajstić information content (AvgIpc) is 2.44. The van der Waals surface area contributed by atoms with Crippen LogP contribution in [0.15, 0.2) is 15.8 Å². The molecule has 1 rings (SSSR count). The minimum Gasteiger partial charge on any atom is -0.393 e. The molecule has 120 valence electrons. The van der Waals surface area contributed by atoms with E-state index in [1.54, 1.807) is 6.92 Å². The van der Waals surface area contributed by atoms with Crippen molar-refractivity contribution in [3.05, 3.63) is 27.0 Å². The maximum absolute atomic E-state index is 12.2. The molecule has 0 aliphatic rings. The quantitative estimate of drug-likeness (QED) is 0.665. The van der Waals surface area contributed by atoms with Crippen LogP contribution in [0.5, 0.6) is 0 Å². The largest absolute Gasteiger partial charge is 0.393 e. The van der Waals surface area contributed by atoms with E-state index in [-0.39, 0.29) is 17.4 Å². The highest BCUT2D eigenvalue weighted by Gasteiger charge is 2.06. The van der Waals surface area contributed by atoms with E-state index in [1.807, 2.05) is 0 Å². The lowest BCUT2D eigenvalue weighted by molar-refractivity contribution is 0.179. The molecule has 1 N–H and O–H groups in total. The number of aryl methyl sites for hydroxylation is 1. The molecule has 21 heavy (non-hydrogen) atoms. The highest BCUT2D eigenvalue weighted by Crippen LogP contribution is 2.01. The normalized spacial score (nSPS) is 12.5. The summed E-state index contributed by atoms with van der Waals surface area (Å²) < 4.78 is 2.63. The summed E-state index contributed by atoms with van der Waals surface area (Å²) in [5, 5.41) is 13.1. The highest BCUT2D eigenvalue weighted by atomic mass is 16.3. The van der Waals surface area contributed by atoms with Gasteiger partial charge in [0.25, 0.3) is 5.56 Å². The third-order valence-corrected chi connectivity index (χ3v) is 3.50. The molecule has 0 radical (unpaired) electrons. The molecule has 0 spiro atoms. The van der Waals surface area contributed by atoms with E-state index in [2.05, 4.69) is 12.0 Å². The van der Waals surface area contributed by atoms with Gasteiger partial charge in [-0.05, 0) is 32.6 Å². The molecule has 1 aromatic rings. The Labute approximate surface area is 125 Å². The smallest absolute Gasteiger partial charge is 0.347 e. The molecule has 1 unspecified atom stereocenters. The number of nitrogens with zero attached hydrogens (tertiary/aromatic N) is 3. The third-order valence-electron chi connectivity index (χ3n) is 3.50. The van der Waals surface area contributed by atoms with Gasteiger partial charge in [-0.25, -0.2) is 9.48 Å². The second-order valence-corrected chi connectivity index (χ2v) is 5.55. The van der Waals surface area contributed by atoms with Crippen molar-refractivity contribution in [3.8, 4) is 0 Å². The van der Waals surface area contributed by atoms with Crippen molar-refractivity contribution in [2.24, 2.45) is 0 Å². The van der Waals surface area contributed by atoms with Crippen LogP contribution < -0.4 is 11.2 Å². The molecule has 0 bridgehead atoms. The lowest BCUT2D eigenvalue weighted by Gasteiger charge is -2.09. The minimum atomic E-state index is -0.323. The van der Waals surface area contributed by atoms with Crippen molar-refractivity contribution in [1.82, 2.24) is 14.3 Å². The average molecular weight is 297 g/mol. The van der Waals surface area contributed by atoms with E-state index < -0.39 is 0 Å². The Morgan fingerprint density at radius 2 is 1.86 bits per heavy atom. The molecule has 0 fully saturated rings. The molecular formula is C15H27N3O3. The van der Waals surface area contributed by atoms with E-state index in [9.17, 15) is 14.7 Å². The van der Waals surface area contributed by atoms with Crippen LogP contribution in [0, 0.1) is 0 Å². The van der Waals surface area contributed by atoms with Gasteiger partial charge in [0.15, 0.2) is 0 Å². The summed E-state index contributed by atoms with van der Waals surface area (Å²) in [6.07, 6.45) is 7.33. The first-order chi connectivity index (χ1) is 10.1. The summed E-state index contributed by atoms with van der Waals surface area (Å²) in [6, 6.07) is 0. The van der Waals surface area contributed by atoms with Crippen molar-refractivity contribution in [1.29, 1.82) is 0 Å². The van der Waals surface area contributed by atoms with Crippen molar-refractivity contribution >= 4 is 0 Å². The molecular weight excluding hydrogens is 270 g/mol. The van der Waals surface area contributed by atoms with Crippen LogP contribution in [0.1, 0.15) is 58.8 Å². The van der Waals surface area contributed by atoms with Gasteiger partial charge in [0, 0.05) is 13.1 Å². The Morgan fingerprint density at radius 1 is 1.14 bits per heavy atom. The molecule has 0 saturated carbocycles. The zero-order valence-corrected chi connectivity index (χ0v) is 13.1. The van der Waals surface area contributed by atoms with Crippen LogP contribution in [-0.4, -0.2) is 25.6 Å². The highest BCUT2D eigenvalue weighted by molar-refractivity contribution is 4.76. The van der Waals surface area contributed by atoms with Gasteiger partial charge in [-0.3, -0.25) is 9.36 Å². The molecule has 1 aromatic heterocycles. The molecule has 1 heterocycles. The van der Waals surface area contributed by atoms with Gasteiger partial charge in [-0.2, -0.15) is 5.10 Å². The van der Waals surface area contributed by atoms with E-state index >= 15 is 0 Å². The van der Waals surface area contributed by atoms with E-state index in [1.165, 1.54) is 15.4 Å². The number of unbranched alkanes of at least 4 members (excludes halogenated alkanes) is 4. The topological polar surface area (TPSA) is 77.1 Å². The number of aliphatic hydroxyl groups is 1. The van der Waals surface area contributed by atoms with Crippen LogP contribution in [0.25, 0.3) is 0 Å². The van der Waals surface area contributed by atoms with Crippen LogP contribution in [0.3, 0.4) is 0 Å². The summed E-state index contributed by atoms with van der Waals surface area (Å²) in [5.41, 5.74) is -0.646. The van der Waals surface area contributed by atoms with Gasteiger partial charge in [0.05, 0.1) is 6.10 Å². The lowest BCUT2D eigenvalue weighted by Crippen LogP contribution is -2.40. The number of hydrogen-bond donors (Lipinski definition) is 1. The fourth-order valence-corrected chi connectivity index (χ4v) is 2.23. The van der Waals surface area contributed by atoms with Crippen LogP contribution in [0.4, 0.5) is 0 Å². The number of hydrogen-bond acceptors (Lipinski definition) is 4. The predicted octanol–water partition coefficient (Wildman–Crippen LogP) is 1.54. The molecule has 0 aliphatic heterocycles. The summed E-state index contributed by atoms with van der Waals surface area (Å²) in [6.45, 7) is 4.83. The van der Waals surface area contributed by atoms with E-state index in [0.29, 0.717) is 19.5 Å². The first-order valence-corrected chi connectivity index (χ1v) is 7.91. The Balaban J connectivity index is 2.61. The number of aliphatic hydroxyl groups excluding tert-OH is 1. The Morgan fingerprint density at radius 3 is 2.52 bits per heavy atom. The minimum absolute atomic E-state index is 0.317. The van der Waals surface area contributed by atoms with Gasteiger partial charge >= 0.3 is 5.69 Å². The first kappa shape index (κ1) is 17.6. The maximum atomic E-state index is 12.2. The molecule has 1 atom stereocenters. The Kier molecular flexibility index (Phi) is 7.97. The van der Waals surface area contributed by atoms with Gasteiger partial charge in [0.1, 0.15) is 6.20 Å². The van der Waals surface area contributed by atoms with Crippen molar-refractivity contribution in [2.75, 3.05) is 0 Å². The summed E-state index contributed by atoms with van der Waals surface area (Å²) in [5.74, 6) is 0. The Hall–Kier alpha value is -1.43. The molecule has 0 amide bonds. The third kappa shape index (κ3) is 6.25. The fourth-order valence-electron chi connectivity index (χ4n) is 2.23. The van der Waals surface area contributed by atoms with Crippen LogP contribution >= 0.6 is 0 Å². The number of rotatable bonds is 10. The molecule has 0 saturated heterocycles. The molecule has 6 nitrogen and oxygen atoms in total. The van der Waals surface area contributed by atoms with Crippen LogP contribution in [0.2, 0.25) is 0 Å². The zero-order chi connectivity index (χ0) is 15.7. The van der Waals surface area contributed by atoms with Gasteiger partial charge in [-0.1, -0.05) is 26.2 Å². The van der Waals surface area contributed by atoms with Crippen molar-refractivity contribution in [3.63, 3.8) is 0 Å². The lowest BCUT2D eigenvalue weighted by atomic mass is 10.2. The van der Waals surface area contributed by atoms with Crippen molar-refractivity contribution in [2.45, 2.75) is 78.0 Å². The summed E-state index contributed by atoms with van der Waals surface area (Å²) in [4.78, 5) is 23.9. The second-order valence-electron chi connectivity index (χ2n) is 5.55. The second kappa shape index (κ2) is 9.50. The molecule has 0 aromatic carbocycles. The Bertz CT molecular complexity index is 520. The standard InChI is InChI=1S/C15H27N3O3/c1-3-4-5-7-10-17-14(20)12-16-18(15(17)21)11-8-6-9-13(2)19/h12-13,19H,3-11H2,1-2H3. The molecule has 0 aliphatic carbocycles. The fraction of sp³-hybridized carbons (Fsp3) is 0.800. The van der Waals surface area contributed by atoms with E-state index in [4.69, 9.17) is 0 Å². The maximum Gasteiger partial charge on any atom is 0.347 e. The summed E-state index contributed by atoms with van der Waals surface area (Å²) in [7, 11) is 0. The monoisotopic (exact) mass is 297 g/mol. The van der Waals surface area contributed by atoms with Gasteiger partial charge < -0.3 is 5.11 Å². The zero-order valence-electron chi connectivity index (χ0n) is 13.1. The summed E-state index contributed by atoms with van der Waals surface area (Å²) >= 11 is 0. The SMILES string of the molecule is CCCCCCn1c(=O)cnn(CCCCC(C)O)c1=O.